The predicted molar refractivity (Wildman–Crippen MR) is 61.5 cm³/mol. The van der Waals surface area contributed by atoms with Gasteiger partial charge in [-0.1, -0.05) is 27.2 Å². The molecule has 0 saturated heterocycles. The van der Waals surface area contributed by atoms with E-state index in [-0.39, 0.29) is 11.9 Å². The van der Waals surface area contributed by atoms with Crippen molar-refractivity contribution in [1.82, 2.24) is 0 Å². The third-order valence-corrected chi connectivity index (χ3v) is 3.61. The summed E-state index contributed by atoms with van der Waals surface area (Å²) in [5.74, 6) is 0.581. The number of carbonyl (C=O) groups is 1. The topological polar surface area (TPSA) is 26.3 Å². The van der Waals surface area contributed by atoms with Gasteiger partial charge in [0.15, 0.2) is 0 Å². The lowest BCUT2D eigenvalue weighted by Crippen LogP contribution is -2.31. The Morgan fingerprint density at radius 2 is 2.20 bits per heavy atom. The monoisotopic (exact) mass is 212 g/mol. The molecule has 0 amide bonds. The molecule has 0 radical (unpaired) electrons. The number of hydrogen-bond acceptors (Lipinski definition) is 2. The maximum Gasteiger partial charge on any atom is 0.308 e. The molecule has 1 aliphatic rings. The third kappa shape index (κ3) is 3.51. The van der Waals surface area contributed by atoms with Gasteiger partial charge < -0.3 is 4.74 Å². The Balaban J connectivity index is 2.52. The highest BCUT2D eigenvalue weighted by molar-refractivity contribution is 5.72. The van der Waals surface area contributed by atoms with Gasteiger partial charge >= 0.3 is 5.97 Å². The van der Waals surface area contributed by atoms with E-state index >= 15 is 0 Å². The van der Waals surface area contributed by atoms with Gasteiger partial charge in [0.05, 0.1) is 12.5 Å². The highest BCUT2D eigenvalue weighted by Gasteiger charge is 2.34. The Hall–Kier alpha value is -0.530. The molecule has 0 aliphatic heterocycles. The van der Waals surface area contributed by atoms with E-state index in [9.17, 15) is 4.79 Å². The molecule has 1 aliphatic carbocycles. The van der Waals surface area contributed by atoms with Crippen LogP contribution in [0.25, 0.3) is 0 Å². The Morgan fingerprint density at radius 1 is 1.53 bits per heavy atom. The first kappa shape index (κ1) is 12.5. The second kappa shape index (κ2) is 5.00. The lowest BCUT2D eigenvalue weighted by atomic mass is 9.68. The van der Waals surface area contributed by atoms with Crippen LogP contribution in [0.2, 0.25) is 0 Å². The van der Waals surface area contributed by atoms with E-state index in [1.165, 1.54) is 19.3 Å². The quantitative estimate of drug-likeness (QED) is 0.670. The van der Waals surface area contributed by atoms with Gasteiger partial charge in [-0.15, -0.1) is 0 Å². The first-order valence-electron chi connectivity index (χ1n) is 6.13. The number of carbonyl (C=O) groups excluding carboxylic acids is 1. The maximum atomic E-state index is 11.6. The first-order valence-corrected chi connectivity index (χ1v) is 6.13. The summed E-state index contributed by atoms with van der Waals surface area (Å²) in [7, 11) is 0. The van der Waals surface area contributed by atoms with E-state index < -0.39 is 0 Å². The van der Waals surface area contributed by atoms with Crippen LogP contribution >= 0.6 is 0 Å². The minimum Gasteiger partial charge on any atom is -0.466 e. The van der Waals surface area contributed by atoms with Crippen LogP contribution in [0.1, 0.15) is 53.4 Å². The molecule has 0 heterocycles. The Kier molecular flexibility index (Phi) is 4.18. The van der Waals surface area contributed by atoms with Crippen molar-refractivity contribution in [2.45, 2.75) is 53.4 Å². The lowest BCUT2D eigenvalue weighted by molar-refractivity contribution is -0.150. The average Bonchev–Trinajstić information content (AvgIpc) is 2.15. The summed E-state index contributed by atoms with van der Waals surface area (Å²) in [6.07, 6.45) is 4.89. The van der Waals surface area contributed by atoms with Crippen LogP contribution in [0.3, 0.4) is 0 Å². The fraction of sp³-hybridized carbons (Fsp3) is 0.923. The standard InChI is InChI=1S/C13H24O2/c1-5-15-12(14)10(2)11-7-6-8-13(3,4)9-11/h10-11H,5-9H2,1-4H3. The molecule has 1 fully saturated rings. The van der Waals surface area contributed by atoms with Crippen LogP contribution < -0.4 is 0 Å². The lowest BCUT2D eigenvalue weighted by Gasteiger charge is -2.37. The van der Waals surface area contributed by atoms with Crippen molar-refractivity contribution < 1.29 is 9.53 Å². The normalized spacial score (nSPS) is 27.1. The molecule has 2 unspecified atom stereocenters. The second-order valence-electron chi connectivity index (χ2n) is 5.56. The summed E-state index contributed by atoms with van der Waals surface area (Å²) < 4.78 is 5.09. The molecule has 88 valence electrons. The van der Waals surface area contributed by atoms with Crippen molar-refractivity contribution in [3.63, 3.8) is 0 Å². The highest BCUT2D eigenvalue weighted by Crippen LogP contribution is 2.41. The van der Waals surface area contributed by atoms with Gasteiger partial charge in [-0.25, -0.2) is 0 Å². The molecule has 0 bridgehead atoms. The average molecular weight is 212 g/mol. The summed E-state index contributed by atoms with van der Waals surface area (Å²) in [6, 6.07) is 0. The Bertz CT molecular complexity index is 221. The van der Waals surface area contributed by atoms with Gasteiger partial charge in [-0.05, 0) is 37.5 Å². The number of rotatable bonds is 3. The van der Waals surface area contributed by atoms with E-state index in [0.29, 0.717) is 17.9 Å². The summed E-state index contributed by atoms with van der Waals surface area (Å²) in [5, 5.41) is 0. The molecule has 1 rings (SSSR count). The van der Waals surface area contributed by atoms with Crippen LogP contribution in [0, 0.1) is 17.3 Å². The molecule has 2 atom stereocenters. The molecule has 2 heteroatoms. The molecule has 0 aromatic rings. The molecule has 0 aromatic carbocycles. The van der Waals surface area contributed by atoms with Gasteiger partial charge in [-0.2, -0.15) is 0 Å². The van der Waals surface area contributed by atoms with Gasteiger partial charge in [-0.3, -0.25) is 4.79 Å². The minimum absolute atomic E-state index is 0.0137. The number of hydrogen-bond donors (Lipinski definition) is 0. The largest absolute Gasteiger partial charge is 0.466 e. The van der Waals surface area contributed by atoms with E-state index in [4.69, 9.17) is 4.74 Å². The third-order valence-electron chi connectivity index (χ3n) is 3.61. The molecule has 0 spiro atoms. The van der Waals surface area contributed by atoms with Gasteiger partial charge in [0, 0.05) is 0 Å². The summed E-state index contributed by atoms with van der Waals surface area (Å²) in [5.41, 5.74) is 0.406. The maximum absolute atomic E-state index is 11.6. The number of esters is 1. The SMILES string of the molecule is CCOC(=O)C(C)C1CCCC(C)(C)C1. The molecule has 0 aromatic heterocycles. The Labute approximate surface area is 93.4 Å². The molecule has 1 saturated carbocycles. The van der Waals surface area contributed by atoms with Crippen molar-refractivity contribution >= 4 is 5.97 Å². The second-order valence-corrected chi connectivity index (χ2v) is 5.56. The van der Waals surface area contributed by atoms with Crippen molar-refractivity contribution in [1.29, 1.82) is 0 Å². The van der Waals surface area contributed by atoms with Crippen LogP contribution in [0.5, 0.6) is 0 Å². The molecule has 15 heavy (non-hydrogen) atoms. The Morgan fingerprint density at radius 3 is 2.73 bits per heavy atom. The zero-order valence-corrected chi connectivity index (χ0v) is 10.5. The van der Waals surface area contributed by atoms with Gasteiger partial charge in [0.25, 0.3) is 0 Å². The molecule has 0 N–H and O–H groups in total. The van der Waals surface area contributed by atoms with Crippen molar-refractivity contribution in [3.05, 3.63) is 0 Å². The van der Waals surface area contributed by atoms with Crippen molar-refractivity contribution in [3.8, 4) is 0 Å². The van der Waals surface area contributed by atoms with Crippen LogP contribution in [0.15, 0.2) is 0 Å². The van der Waals surface area contributed by atoms with E-state index in [0.717, 1.165) is 6.42 Å². The fourth-order valence-corrected chi connectivity index (χ4v) is 2.65. The smallest absolute Gasteiger partial charge is 0.308 e. The zero-order chi connectivity index (χ0) is 11.5. The van der Waals surface area contributed by atoms with Gasteiger partial charge in [0.1, 0.15) is 0 Å². The van der Waals surface area contributed by atoms with Crippen LogP contribution in [-0.4, -0.2) is 12.6 Å². The zero-order valence-electron chi connectivity index (χ0n) is 10.5. The van der Waals surface area contributed by atoms with Crippen LogP contribution in [-0.2, 0) is 9.53 Å². The summed E-state index contributed by atoms with van der Waals surface area (Å²) >= 11 is 0. The fourth-order valence-electron chi connectivity index (χ4n) is 2.65. The highest BCUT2D eigenvalue weighted by atomic mass is 16.5. The van der Waals surface area contributed by atoms with Crippen LogP contribution in [0.4, 0.5) is 0 Å². The van der Waals surface area contributed by atoms with E-state index in [1.54, 1.807) is 0 Å². The van der Waals surface area contributed by atoms with Crippen molar-refractivity contribution in [2.75, 3.05) is 6.61 Å². The summed E-state index contributed by atoms with van der Waals surface area (Å²) in [4.78, 5) is 11.6. The molecular weight excluding hydrogens is 188 g/mol. The van der Waals surface area contributed by atoms with E-state index in [1.807, 2.05) is 13.8 Å². The summed E-state index contributed by atoms with van der Waals surface area (Å²) in [6.45, 7) is 8.99. The minimum atomic E-state index is -0.0137. The molecular formula is C13H24O2. The predicted octanol–water partition coefficient (Wildman–Crippen LogP) is 3.40. The number of ether oxygens (including phenoxy) is 1. The first-order chi connectivity index (χ1) is 6.96. The van der Waals surface area contributed by atoms with Gasteiger partial charge in [0.2, 0.25) is 0 Å². The van der Waals surface area contributed by atoms with Crippen molar-refractivity contribution in [2.24, 2.45) is 17.3 Å². The van der Waals surface area contributed by atoms with E-state index in [2.05, 4.69) is 13.8 Å². The molecule has 2 nitrogen and oxygen atoms in total.